The van der Waals surface area contributed by atoms with Crippen molar-refractivity contribution in [3.63, 3.8) is 0 Å². The Labute approximate surface area is 192 Å². The lowest BCUT2D eigenvalue weighted by molar-refractivity contribution is -0.906. The van der Waals surface area contributed by atoms with Gasteiger partial charge in [-0.2, -0.15) is 18.3 Å². The number of nitrogens with one attached hydrogen (secondary N) is 2. The van der Waals surface area contributed by atoms with Crippen LogP contribution in [0.4, 0.5) is 13.2 Å². The Morgan fingerprint density at radius 2 is 1.97 bits per heavy atom. The van der Waals surface area contributed by atoms with E-state index >= 15 is 0 Å². The summed E-state index contributed by atoms with van der Waals surface area (Å²) in [6, 6.07) is 7.28. The van der Waals surface area contributed by atoms with Gasteiger partial charge in [0.15, 0.2) is 17.0 Å². The van der Waals surface area contributed by atoms with Crippen LogP contribution in [0.5, 0.6) is 5.75 Å². The van der Waals surface area contributed by atoms with Crippen molar-refractivity contribution >= 4 is 23.2 Å². The fourth-order valence-electron chi connectivity index (χ4n) is 3.59. The van der Waals surface area contributed by atoms with E-state index in [4.69, 9.17) is 21.1 Å². The predicted octanol–water partition coefficient (Wildman–Crippen LogP) is 1.72. The summed E-state index contributed by atoms with van der Waals surface area (Å²) in [5.74, 6) is -0.103. The van der Waals surface area contributed by atoms with Crippen molar-refractivity contribution in [2.24, 2.45) is 0 Å². The number of hydrogen-bond donors (Lipinski definition) is 2. The van der Waals surface area contributed by atoms with Crippen molar-refractivity contribution in [1.29, 1.82) is 0 Å². The standard InChI is InChI=1S/C21H21ClF3N5O3/c1-32-14-4-2-13(3-5-14)15-12-16(21(23,24)25)30-19(27-15)17(22)18(28-30)20(31)26-6-7-29-8-10-33-11-9-29/h2-5,12H,6-11H2,1H3,(H,26,31)/p+1. The summed E-state index contributed by atoms with van der Waals surface area (Å²) in [4.78, 5) is 18.2. The minimum Gasteiger partial charge on any atom is -0.497 e. The zero-order chi connectivity index (χ0) is 23.6. The topological polar surface area (TPSA) is 82.2 Å². The molecular formula is C21H22ClF3N5O3+. The van der Waals surface area contributed by atoms with Gasteiger partial charge in [-0.1, -0.05) is 11.6 Å². The Morgan fingerprint density at radius 3 is 2.61 bits per heavy atom. The number of alkyl halides is 3. The molecule has 2 aromatic heterocycles. The fourth-order valence-corrected chi connectivity index (χ4v) is 3.84. The SMILES string of the molecule is COc1ccc(-c2cc(C(F)(F)F)n3nc(C(=O)NCC[NH+]4CCOCC4)c(Cl)c3n2)cc1. The van der Waals surface area contributed by atoms with Crippen molar-refractivity contribution < 1.29 is 32.3 Å². The lowest BCUT2D eigenvalue weighted by atomic mass is 10.1. The number of amides is 1. The number of halogens is 4. The first-order valence-corrected chi connectivity index (χ1v) is 10.7. The number of hydrogen-bond acceptors (Lipinski definition) is 5. The van der Waals surface area contributed by atoms with Crippen molar-refractivity contribution in [2.75, 3.05) is 46.5 Å². The first kappa shape index (κ1) is 23.3. The Bertz CT molecular complexity index is 1140. The molecule has 0 radical (unpaired) electrons. The van der Waals surface area contributed by atoms with Gasteiger partial charge in [-0.15, -0.1) is 0 Å². The third-order valence-corrected chi connectivity index (χ3v) is 5.74. The molecule has 1 saturated heterocycles. The molecular weight excluding hydrogens is 463 g/mol. The molecule has 0 spiro atoms. The van der Waals surface area contributed by atoms with Gasteiger partial charge in [-0.25, -0.2) is 9.50 Å². The van der Waals surface area contributed by atoms with Crippen molar-refractivity contribution in [3.05, 3.63) is 46.7 Å². The van der Waals surface area contributed by atoms with E-state index in [0.29, 0.717) is 42.1 Å². The molecule has 1 aliphatic heterocycles. The van der Waals surface area contributed by atoms with Crippen LogP contribution in [0, 0.1) is 0 Å². The highest BCUT2D eigenvalue weighted by Crippen LogP contribution is 2.34. The number of methoxy groups -OCH3 is 1. The van der Waals surface area contributed by atoms with Crippen LogP contribution in [-0.2, 0) is 10.9 Å². The quantitative estimate of drug-likeness (QED) is 0.557. The molecule has 2 N–H and O–H groups in total. The van der Waals surface area contributed by atoms with E-state index in [2.05, 4.69) is 15.4 Å². The summed E-state index contributed by atoms with van der Waals surface area (Å²) in [7, 11) is 1.49. The first-order chi connectivity index (χ1) is 15.8. The van der Waals surface area contributed by atoms with E-state index in [1.54, 1.807) is 24.3 Å². The summed E-state index contributed by atoms with van der Waals surface area (Å²) in [5, 5.41) is 6.29. The van der Waals surface area contributed by atoms with Gasteiger partial charge in [-0.3, -0.25) is 4.79 Å². The Morgan fingerprint density at radius 1 is 1.27 bits per heavy atom. The summed E-state index contributed by atoms with van der Waals surface area (Å²) >= 11 is 6.29. The molecule has 1 fully saturated rings. The predicted molar refractivity (Wildman–Crippen MR) is 114 cm³/mol. The number of benzene rings is 1. The molecule has 0 aliphatic carbocycles. The van der Waals surface area contributed by atoms with Gasteiger partial charge in [0, 0.05) is 5.56 Å². The van der Waals surface area contributed by atoms with Crippen molar-refractivity contribution in [2.45, 2.75) is 6.18 Å². The van der Waals surface area contributed by atoms with Gasteiger partial charge >= 0.3 is 6.18 Å². The molecule has 0 atom stereocenters. The molecule has 3 aromatic rings. The lowest BCUT2D eigenvalue weighted by Gasteiger charge is -2.23. The van der Waals surface area contributed by atoms with Gasteiger partial charge in [0.25, 0.3) is 5.91 Å². The lowest BCUT2D eigenvalue weighted by Crippen LogP contribution is -3.14. The second-order valence-corrected chi connectivity index (χ2v) is 7.90. The number of rotatable bonds is 6. The number of fused-ring (bicyclic) bond motifs is 1. The van der Waals surface area contributed by atoms with E-state index in [1.165, 1.54) is 12.0 Å². The maximum absolute atomic E-state index is 13.8. The molecule has 3 heterocycles. The maximum Gasteiger partial charge on any atom is 0.433 e. The Balaban J connectivity index is 1.64. The maximum atomic E-state index is 13.8. The van der Waals surface area contributed by atoms with Crippen LogP contribution in [0.3, 0.4) is 0 Å². The van der Waals surface area contributed by atoms with Gasteiger partial charge in [0.2, 0.25) is 0 Å². The Kier molecular flexibility index (Phi) is 6.73. The summed E-state index contributed by atoms with van der Waals surface area (Å²) < 4.78 is 52.4. The van der Waals surface area contributed by atoms with Crippen LogP contribution in [0.25, 0.3) is 16.9 Å². The normalized spacial score (nSPS) is 15.1. The average molecular weight is 485 g/mol. The molecule has 12 heteroatoms. The van der Waals surface area contributed by atoms with Crippen LogP contribution in [0.1, 0.15) is 16.2 Å². The van der Waals surface area contributed by atoms with Crippen molar-refractivity contribution in [1.82, 2.24) is 19.9 Å². The zero-order valence-corrected chi connectivity index (χ0v) is 18.5. The number of quaternary nitrogens is 1. The minimum atomic E-state index is -4.74. The van der Waals surface area contributed by atoms with E-state index in [1.807, 2.05) is 0 Å². The molecule has 1 aromatic carbocycles. The van der Waals surface area contributed by atoms with Crippen LogP contribution >= 0.6 is 11.6 Å². The molecule has 0 bridgehead atoms. The van der Waals surface area contributed by atoms with E-state index in [9.17, 15) is 18.0 Å². The molecule has 0 unspecified atom stereocenters. The smallest absolute Gasteiger partial charge is 0.433 e. The van der Waals surface area contributed by atoms with Gasteiger partial charge < -0.3 is 19.7 Å². The van der Waals surface area contributed by atoms with Crippen LogP contribution < -0.4 is 15.0 Å². The first-order valence-electron chi connectivity index (χ1n) is 10.3. The summed E-state index contributed by atoms with van der Waals surface area (Å²) in [6.45, 7) is 3.96. The molecule has 176 valence electrons. The highest BCUT2D eigenvalue weighted by molar-refractivity contribution is 6.36. The van der Waals surface area contributed by atoms with E-state index in [0.717, 1.165) is 19.2 Å². The van der Waals surface area contributed by atoms with Crippen LogP contribution in [0.2, 0.25) is 5.02 Å². The highest BCUT2D eigenvalue weighted by Gasteiger charge is 2.36. The number of carbonyl (C=O) groups excluding carboxylic acids is 1. The second kappa shape index (κ2) is 9.54. The second-order valence-electron chi connectivity index (χ2n) is 7.52. The summed E-state index contributed by atoms with van der Waals surface area (Å²) in [6.07, 6.45) is -4.74. The molecule has 33 heavy (non-hydrogen) atoms. The third kappa shape index (κ3) is 5.05. The van der Waals surface area contributed by atoms with E-state index < -0.39 is 17.8 Å². The molecule has 0 saturated carbocycles. The van der Waals surface area contributed by atoms with Crippen molar-refractivity contribution in [3.8, 4) is 17.0 Å². The molecule has 1 aliphatic rings. The molecule has 1 amide bonds. The van der Waals surface area contributed by atoms with Gasteiger partial charge in [0.1, 0.15) is 23.9 Å². The molecule has 8 nitrogen and oxygen atoms in total. The Hall–Kier alpha value is -2.89. The van der Waals surface area contributed by atoms with Gasteiger partial charge in [0.05, 0.1) is 39.1 Å². The number of morpholine rings is 1. The number of aromatic nitrogens is 3. The largest absolute Gasteiger partial charge is 0.497 e. The highest BCUT2D eigenvalue weighted by atomic mass is 35.5. The monoisotopic (exact) mass is 484 g/mol. The summed E-state index contributed by atoms with van der Waals surface area (Å²) in [5.41, 5.74) is -1.17. The molecule has 4 rings (SSSR count). The average Bonchev–Trinajstić information content (AvgIpc) is 3.15. The van der Waals surface area contributed by atoms with E-state index in [-0.39, 0.29) is 22.1 Å². The number of ether oxygens (including phenoxy) is 2. The van der Waals surface area contributed by atoms with Crippen LogP contribution in [-0.4, -0.2) is 67.0 Å². The zero-order valence-electron chi connectivity index (χ0n) is 17.7. The fraction of sp³-hybridized carbons (Fsp3) is 0.381. The number of carbonyl (C=O) groups is 1. The van der Waals surface area contributed by atoms with Crippen LogP contribution in [0.15, 0.2) is 30.3 Å². The number of nitrogens with zero attached hydrogens (tertiary/aromatic N) is 3. The van der Waals surface area contributed by atoms with Gasteiger partial charge in [-0.05, 0) is 30.3 Å². The minimum absolute atomic E-state index is 0.0437. The third-order valence-electron chi connectivity index (χ3n) is 5.39.